The molecule has 0 bridgehead atoms. The third kappa shape index (κ3) is 3.61. The van der Waals surface area contributed by atoms with Crippen LogP contribution in [-0.4, -0.2) is 26.0 Å². The van der Waals surface area contributed by atoms with Crippen LogP contribution < -0.4 is 10.5 Å². The van der Waals surface area contributed by atoms with Crippen LogP contribution in [0.2, 0.25) is 10.0 Å². The molecule has 1 aromatic carbocycles. The number of thioether (sulfide) groups is 1. The topological polar surface area (TPSA) is 72.2 Å². The Bertz CT molecular complexity index is 587. The molecule has 1 aliphatic heterocycles. The Kier molecular flexibility index (Phi) is 5.62. The van der Waals surface area contributed by atoms with Crippen LogP contribution in [0.1, 0.15) is 18.4 Å². The highest BCUT2D eigenvalue weighted by Gasteiger charge is 2.25. The van der Waals surface area contributed by atoms with E-state index >= 15 is 0 Å². The summed E-state index contributed by atoms with van der Waals surface area (Å²) in [6.07, 6.45) is 1.86. The summed E-state index contributed by atoms with van der Waals surface area (Å²) in [6.45, 7) is 0.0975. The Hall–Kier alpha value is 0.0200. The molecule has 0 radical (unpaired) electrons. The summed E-state index contributed by atoms with van der Waals surface area (Å²) in [7, 11) is -3.65. The highest BCUT2D eigenvalue weighted by molar-refractivity contribution is 7.99. The molecular weight excluding hydrogens is 339 g/mol. The van der Waals surface area contributed by atoms with Gasteiger partial charge < -0.3 is 5.73 Å². The molecule has 1 aromatic rings. The fraction of sp³-hybridized carbons (Fsp3) is 0.500. The summed E-state index contributed by atoms with van der Waals surface area (Å²) < 4.78 is 27.5. The lowest BCUT2D eigenvalue weighted by molar-refractivity contribution is 0.543. The molecule has 20 heavy (non-hydrogen) atoms. The minimum Gasteiger partial charge on any atom is -0.326 e. The van der Waals surface area contributed by atoms with Crippen molar-refractivity contribution in [3.63, 3.8) is 0 Å². The van der Waals surface area contributed by atoms with E-state index in [0.717, 1.165) is 24.3 Å². The zero-order valence-corrected chi connectivity index (χ0v) is 13.9. The van der Waals surface area contributed by atoms with Crippen molar-refractivity contribution in [3.8, 4) is 0 Å². The maximum atomic E-state index is 12.4. The smallest absolute Gasteiger partial charge is 0.242 e. The van der Waals surface area contributed by atoms with Crippen LogP contribution in [0.15, 0.2) is 17.0 Å². The first kappa shape index (κ1) is 16.4. The van der Waals surface area contributed by atoms with E-state index in [4.69, 9.17) is 28.9 Å². The molecule has 8 heteroatoms. The van der Waals surface area contributed by atoms with E-state index in [1.165, 1.54) is 12.1 Å². The van der Waals surface area contributed by atoms with E-state index in [1.807, 2.05) is 0 Å². The maximum Gasteiger partial charge on any atom is 0.242 e. The fourth-order valence-electron chi connectivity index (χ4n) is 2.09. The van der Waals surface area contributed by atoms with Gasteiger partial charge in [-0.1, -0.05) is 23.2 Å². The van der Waals surface area contributed by atoms with Gasteiger partial charge in [-0.15, -0.1) is 0 Å². The van der Waals surface area contributed by atoms with Gasteiger partial charge in [0.15, 0.2) is 0 Å². The maximum absolute atomic E-state index is 12.4. The van der Waals surface area contributed by atoms with E-state index in [2.05, 4.69) is 4.72 Å². The number of halogens is 2. The second-order valence-electron chi connectivity index (χ2n) is 4.58. The van der Waals surface area contributed by atoms with Crippen molar-refractivity contribution < 1.29 is 8.42 Å². The first-order valence-electron chi connectivity index (χ1n) is 6.22. The molecule has 112 valence electrons. The second-order valence-corrected chi connectivity index (χ2v) is 8.19. The van der Waals surface area contributed by atoms with Crippen LogP contribution in [0.4, 0.5) is 0 Å². The van der Waals surface area contributed by atoms with Crippen molar-refractivity contribution in [3.05, 3.63) is 27.7 Å². The summed E-state index contributed by atoms with van der Waals surface area (Å²) in [5.74, 6) is 1.87. The summed E-state index contributed by atoms with van der Waals surface area (Å²) in [4.78, 5) is 0.0413. The largest absolute Gasteiger partial charge is 0.326 e. The van der Waals surface area contributed by atoms with Gasteiger partial charge in [0.2, 0.25) is 10.0 Å². The van der Waals surface area contributed by atoms with Crippen molar-refractivity contribution in [1.82, 2.24) is 4.72 Å². The second kappa shape index (κ2) is 6.85. The number of hydrogen-bond acceptors (Lipinski definition) is 4. The zero-order chi connectivity index (χ0) is 14.8. The lowest BCUT2D eigenvalue weighted by atomic mass is 10.2. The molecule has 1 aliphatic rings. The van der Waals surface area contributed by atoms with Crippen molar-refractivity contribution in [2.45, 2.75) is 30.3 Å². The minimum atomic E-state index is -3.65. The molecule has 2 rings (SSSR count). The van der Waals surface area contributed by atoms with Crippen LogP contribution >= 0.6 is 35.0 Å². The van der Waals surface area contributed by atoms with Crippen molar-refractivity contribution in [1.29, 1.82) is 0 Å². The van der Waals surface area contributed by atoms with Crippen molar-refractivity contribution in [2.75, 3.05) is 11.5 Å². The number of nitrogens with two attached hydrogens (primary N) is 1. The monoisotopic (exact) mass is 354 g/mol. The van der Waals surface area contributed by atoms with Gasteiger partial charge in [0, 0.05) is 28.9 Å². The number of hydrogen-bond donors (Lipinski definition) is 2. The van der Waals surface area contributed by atoms with Gasteiger partial charge in [-0.2, -0.15) is 11.8 Å². The van der Waals surface area contributed by atoms with E-state index in [-0.39, 0.29) is 22.5 Å². The Morgan fingerprint density at radius 3 is 2.75 bits per heavy atom. The van der Waals surface area contributed by atoms with E-state index in [9.17, 15) is 8.42 Å². The van der Waals surface area contributed by atoms with E-state index in [1.54, 1.807) is 11.8 Å². The van der Waals surface area contributed by atoms with Crippen LogP contribution in [0.3, 0.4) is 0 Å². The molecule has 0 aliphatic carbocycles. The van der Waals surface area contributed by atoms with E-state index < -0.39 is 10.0 Å². The van der Waals surface area contributed by atoms with Crippen molar-refractivity contribution >= 4 is 45.0 Å². The number of nitrogens with one attached hydrogen (secondary N) is 1. The quantitative estimate of drug-likeness (QED) is 0.871. The summed E-state index contributed by atoms with van der Waals surface area (Å²) >= 11 is 13.8. The molecule has 1 atom stereocenters. The van der Waals surface area contributed by atoms with Crippen molar-refractivity contribution in [2.24, 2.45) is 5.73 Å². The Balaban J connectivity index is 2.29. The number of benzene rings is 1. The van der Waals surface area contributed by atoms with Gasteiger partial charge >= 0.3 is 0 Å². The zero-order valence-electron chi connectivity index (χ0n) is 10.7. The normalized spacial score (nSPS) is 20.1. The standard InChI is InChI=1S/C12H16Cl2N2O2S2/c13-10-3-4-11(12(14)9(10)6-15)20(17,18)16-8-2-1-5-19-7-8/h3-4,8,16H,1-2,5-7,15H2. The summed E-state index contributed by atoms with van der Waals surface area (Å²) in [5.41, 5.74) is 6.01. The molecule has 1 heterocycles. The van der Waals surface area contributed by atoms with Gasteiger partial charge in [-0.25, -0.2) is 13.1 Å². The minimum absolute atomic E-state index is 0.0413. The predicted molar refractivity (Wildman–Crippen MR) is 85.0 cm³/mol. The molecule has 1 unspecified atom stereocenters. The summed E-state index contributed by atoms with van der Waals surface area (Å²) in [6, 6.07) is 2.88. The van der Waals surface area contributed by atoms with Gasteiger partial charge in [0.1, 0.15) is 4.90 Å². The molecule has 0 aromatic heterocycles. The Morgan fingerprint density at radius 2 is 2.15 bits per heavy atom. The van der Waals surface area contributed by atoms with Crippen LogP contribution in [0.25, 0.3) is 0 Å². The SMILES string of the molecule is NCc1c(Cl)ccc(S(=O)(=O)NC2CCCSC2)c1Cl. The molecule has 0 spiro atoms. The van der Waals surface area contributed by atoms with Gasteiger partial charge in [0.25, 0.3) is 0 Å². The number of sulfonamides is 1. The highest BCUT2D eigenvalue weighted by Crippen LogP contribution is 2.31. The Morgan fingerprint density at radius 1 is 1.40 bits per heavy atom. The molecule has 0 amide bonds. The lowest BCUT2D eigenvalue weighted by Gasteiger charge is -2.23. The molecular formula is C12H16Cl2N2O2S2. The Labute approximate surface area is 133 Å². The average molecular weight is 355 g/mol. The first-order chi connectivity index (χ1) is 9.45. The van der Waals surface area contributed by atoms with E-state index in [0.29, 0.717) is 10.6 Å². The van der Waals surface area contributed by atoms with Crippen LogP contribution in [0.5, 0.6) is 0 Å². The molecule has 1 saturated heterocycles. The molecule has 3 N–H and O–H groups in total. The molecule has 1 fully saturated rings. The first-order valence-corrected chi connectivity index (χ1v) is 9.62. The average Bonchev–Trinajstić information content (AvgIpc) is 2.39. The molecule has 4 nitrogen and oxygen atoms in total. The third-order valence-corrected chi connectivity index (χ3v) is 6.80. The lowest BCUT2D eigenvalue weighted by Crippen LogP contribution is -2.38. The third-order valence-electron chi connectivity index (χ3n) is 3.13. The van der Waals surface area contributed by atoms with Gasteiger partial charge in [0.05, 0.1) is 5.02 Å². The predicted octanol–water partition coefficient (Wildman–Crippen LogP) is 2.63. The molecule has 0 saturated carbocycles. The fourth-order valence-corrected chi connectivity index (χ4v) is 5.47. The van der Waals surface area contributed by atoms with Crippen LogP contribution in [-0.2, 0) is 16.6 Å². The highest BCUT2D eigenvalue weighted by atomic mass is 35.5. The van der Waals surface area contributed by atoms with Gasteiger partial charge in [-0.3, -0.25) is 0 Å². The van der Waals surface area contributed by atoms with Crippen LogP contribution in [0, 0.1) is 0 Å². The summed E-state index contributed by atoms with van der Waals surface area (Å²) in [5, 5.41) is 0.487. The van der Waals surface area contributed by atoms with Gasteiger partial charge in [-0.05, 0) is 30.7 Å². The number of rotatable bonds is 4.